The summed E-state index contributed by atoms with van der Waals surface area (Å²) in [6, 6.07) is 10.6. The first-order valence-corrected chi connectivity index (χ1v) is 9.67. The molecule has 3 fully saturated rings. The van der Waals surface area contributed by atoms with Crippen molar-refractivity contribution in [1.29, 1.82) is 0 Å². The van der Waals surface area contributed by atoms with E-state index in [9.17, 15) is 0 Å². The molecule has 5 atom stereocenters. The molecule has 3 aliphatic rings. The molecule has 24 heavy (non-hydrogen) atoms. The highest BCUT2D eigenvalue weighted by Crippen LogP contribution is 2.62. The number of epoxide rings is 1. The first-order valence-electron chi connectivity index (χ1n) is 9.67. The lowest BCUT2D eigenvalue weighted by Gasteiger charge is -2.54. The van der Waals surface area contributed by atoms with Crippen molar-refractivity contribution >= 4 is 0 Å². The summed E-state index contributed by atoms with van der Waals surface area (Å²) in [6.07, 6.45) is 7.05. The van der Waals surface area contributed by atoms with E-state index in [2.05, 4.69) is 58.0 Å². The smallest absolute Gasteiger partial charge is 0.0920 e. The SMILES string of the molecule is CC12CC[C@@H](OCc3ccccc3)C(C)(C)[C@@H]1CC[C@@]1(C)OC1C2. The van der Waals surface area contributed by atoms with Crippen LogP contribution in [0.2, 0.25) is 0 Å². The van der Waals surface area contributed by atoms with E-state index in [1.807, 2.05) is 0 Å². The van der Waals surface area contributed by atoms with E-state index in [1.54, 1.807) is 0 Å². The van der Waals surface area contributed by atoms with E-state index in [0.717, 1.165) is 12.5 Å². The fourth-order valence-electron chi connectivity index (χ4n) is 5.79. The molecule has 2 saturated carbocycles. The Morgan fingerprint density at radius 1 is 1.04 bits per heavy atom. The summed E-state index contributed by atoms with van der Waals surface area (Å²) in [4.78, 5) is 0. The van der Waals surface area contributed by atoms with E-state index >= 15 is 0 Å². The van der Waals surface area contributed by atoms with Crippen molar-refractivity contribution in [2.24, 2.45) is 16.7 Å². The van der Waals surface area contributed by atoms with Gasteiger partial charge in [-0.2, -0.15) is 0 Å². The Hall–Kier alpha value is -0.860. The molecule has 2 heteroatoms. The fourth-order valence-corrected chi connectivity index (χ4v) is 5.79. The Morgan fingerprint density at radius 3 is 2.54 bits per heavy atom. The third-order valence-electron chi connectivity index (χ3n) is 7.46. The zero-order valence-corrected chi connectivity index (χ0v) is 15.7. The second kappa shape index (κ2) is 5.57. The molecule has 1 aromatic rings. The zero-order valence-electron chi connectivity index (χ0n) is 15.7. The Bertz CT molecular complexity index is 595. The molecule has 1 aliphatic heterocycles. The van der Waals surface area contributed by atoms with Crippen LogP contribution in [0.5, 0.6) is 0 Å². The molecule has 0 radical (unpaired) electrons. The lowest BCUT2D eigenvalue weighted by atomic mass is 9.53. The summed E-state index contributed by atoms with van der Waals surface area (Å²) < 4.78 is 12.5. The summed E-state index contributed by atoms with van der Waals surface area (Å²) in [5.74, 6) is 0.729. The first-order chi connectivity index (χ1) is 11.3. The standard InChI is InChI=1S/C22H32O2/c1-20(2)17-10-13-22(4)19(24-22)14-21(17,3)12-11-18(20)23-15-16-8-6-5-7-9-16/h5-9,17-19H,10-15H2,1-4H3/t17-,18+,19?,21?,22+/m0/s1. The third-order valence-corrected chi connectivity index (χ3v) is 7.46. The fraction of sp³-hybridized carbons (Fsp3) is 0.727. The molecular weight excluding hydrogens is 296 g/mol. The van der Waals surface area contributed by atoms with Gasteiger partial charge in [0.1, 0.15) is 0 Å². The van der Waals surface area contributed by atoms with Crippen molar-refractivity contribution in [1.82, 2.24) is 0 Å². The van der Waals surface area contributed by atoms with Crippen LogP contribution in [0.15, 0.2) is 30.3 Å². The highest BCUT2D eigenvalue weighted by molar-refractivity contribution is 5.14. The molecule has 0 N–H and O–H groups in total. The van der Waals surface area contributed by atoms with Crippen LogP contribution in [0, 0.1) is 16.7 Å². The van der Waals surface area contributed by atoms with Gasteiger partial charge < -0.3 is 9.47 Å². The molecule has 1 saturated heterocycles. The van der Waals surface area contributed by atoms with Crippen LogP contribution < -0.4 is 0 Å². The van der Waals surface area contributed by atoms with Crippen LogP contribution in [-0.4, -0.2) is 17.8 Å². The predicted molar refractivity (Wildman–Crippen MR) is 96.8 cm³/mol. The highest BCUT2D eigenvalue weighted by atomic mass is 16.6. The predicted octanol–water partition coefficient (Wildman–Crippen LogP) is 5.36. The van der Waals surface area contributed by atoms with Gasteiger partial charge in [-0.15, -0.1) is 0 Å². The average Bonchev–Trinajstić information content (AvgIpc) is 3.17. The van der Waals surface area contributed by atoms with Crippen LogP contribution in [0.4, 0.5) is 0 Å². The minimum Gasteiger partial charge on any atom is -0.373 e. The molecule has 0 aromatic heterocycles. The van der Waals surface area contributed by atoms with Crippen molar-refractivity contribution in [3.8, 4) is 0 Å². The van der Waals surface area contributed by atoms with Crippen LogP contribution in [0.1, 0.15) is 65.4 Å². The second-order valence-corrected chi connectivity index (χ2v) is 9.51. The van der Waals surface area contributed by atoms with Crippen LogP contribution >= 0.6 is 0 Å². The molecule has 0 amide bonds. The molecule has 0 bridgehead atoms. The van der Waals surface area contributed by atoms with E-state index in [4.69, 9.17) is 9.47 Å². The summed E-state index contributed by atoms with van der Waals surface area (Å²) in [5, 5.41) is 0. The largest absolute Gasteiger partial charge is 0.373 e. The molecule has 1 aromatic carbocycles. The highest BCUT2D eigenvalue weighted by Gasteiger charge is 2.62. The van der Waals surface area contributed by atoms with Crippen LogP contribution in [0.3, 0.4) is 0 Å². The van der Waals surface area contributed by atoms with Crippen molar-refractivity contribution in [2.45, 2.75) is 84.2 Å². The molecule has 0 spiro atoms. The number of hydrogen-bond donors (Lipinski definition) is 0. The van der Waals surface area contributed by atoms with Gasteiger partial charge in [-0.25, -0.2) is 0 Å². The van der Waals surface area contributed by atoms with Crippen molar-refractivity contribution in [3.05, 3.63) is 35.9 Å². The maximum atomic E-state index is 6.45. The van der Waals surface area contributed by atoms with Gasteiger partial charge in [0, 0.05) is 0 Å². The van der Waals surface area contributed by atoms with Gasteiger partial charge in [0.2, 0.25) is 0 Å². The zero-order chi connectivity index (χ0) is 17.0. The van der Waals surface area contributed by atoms with Crippen molar-refractivity contribution in [2.75, 3.05) is 0 Å². The Labute approximate surface area is 146 Å². The summed E-state index contributed by atoms with van der Waals surface area (Å²) >= 11 is 0. The van der Waals surface area contributed by atoms with E-state index in [0.29, 0.717) is 17.6 Å². The minimum atomic E-state index is 0.177. The van der Waals surface area contributed by atoms with Crippen molar-refractivity contribution < 1.29 is 9.47 Å². The molecule has 2 aliphatic carbocycles. The minimum absolute atomic E-state index is 0.177. The van der Waals surface area contributed by atoms with Crippen LogP contribution in [0.25, 0.3) is 0 Å². The Kier molecular flexibility index (Phi) is 3.85. The Balaban J connectivity index is 1.49. The molecule has 2 nitrogen and oxygen atoms in total. The average molecular weight is 328 g/mol. The van der Waals surface area contributed by atoms with Gasteiger partial charge >= 0.3 is 0 Å². The van der Waals surface area contributed by atoms with Crippen molar-refractivity contribution in [3.63, 3.8) is 0 Å². The van der Waals surface area contributed by atoms with E-state index in [1.165, 1.54) is 37.7 Å². The summed E-state index contributed by atoms with van der Waals surface area (Å²) in [7, 11) is 0. The lowest BCUT2D eigenvalue weighted by molar-refractivity contribution is -0.137. The number of rotatable bonds is 3. The normalized spacial score (nSPS) is 43.4. The molecule has 1 heterocycles. The number of benzene rings is 1. The summed E-state index contributed by atoms with van der Waals surface area (Å²) in [6.45, 7) is 10.5. The third kappa shape index (κ3) is 2.72. The number of hydrogen-bond acceptors (Lipinski definition) is 2. The van der Waals surface area contributed by atoms with Gasteiger partial charge in [-0.3, -0.25) is 0 Å². The maximum absolute atomic E-state index is 6.45. The first kappa shape index (κ1) is 16.6. The van der Waals surface area contributed by atoms with Gasteiger partial charge in [-0.05, 0) is 61.3 Å². The molecule has 2 unspecified atom stereocenters. The van der Waals surface area contributed by atoms with Gasteiger partial charge in [0.25, 0.3) is 0 Å². The van der Waals surface area contributed by atoms with E-state index in [-0.39, 0.29) is 11.0 Å². The number of ether oxygens (including phenoxy) is 2. The quantitative estimate of drug-likeness (QED) is 0.697. The topological polar surface area (TPSA) is 21.8 Å². The van der Waals surface area contributed by atoms with E-state index < -0.39 is 0 Å². The molecule has 132 valence electrons. The molecular formula is C22H32O2. The van der Waals surface area contributed by atoms with Gasteiger partial charge in [0.15, 0.2) is 0 Å². The maximum Gasteiger partial charge on any atom is 0.0920 e. The van der Waals surface area contributed by atoms with Crippen LogP contribution in [-0.2, 0) is 16.1 Å². The van der Waals surface area contributed by atoms with Gasteiger partial charge in [0.05, 0.1) is 24.4 Å². The monoisotopic (exact) mass is 328 g/mol. The molecule has 4 rings (SSSR count). The lowest BCUT2D eigenvalue weighted by Crippen LogP contribution is -2.50. The summed E-state index contributed by atoms with van der Waals surface area (Å²) in [5.41, 5.74) is 2.10. The second-order valence-electron chi connectivity index (χ2n) is 9.51. The Morgan fingerprint density at radius 2 is 1.79 bits per heavy atom. The number of fused-ring (bicyclic) bond motifs is 2. The van der Waals surface area contributed by atoms with Gasteiger partial charge in [-0.1, -0.05) is 51.1 Å².